The maximum atomic E-state index is 13.4. The normalized spacial score (nSPS) is 23.0. The van der Waals surface area contributed by atoms with Crippen LogP contribution in [0.25, 0.3) is 11.0 Å². The molecular weight excluding hydrogens is 406 g/mol. The number of fused-ring (bicyclic) bond motifs is 1. The summed E-state index contributed by atoms with van der Waals surface area (Å²) in [5.74, 6) is -0.0125. The molecule has 2 aliphatic heterocycles. The first-order valence-corrected chi connectivity index (χ1v) is 11.3. The van der Waals surface area contributed by atoms with Crippen molar-refractivity contribution < 1.29 is 14.6 Å². The lowest BCUT2D eigenvalue weighted by atomic mass is 9.96. The Bertz CT molecular complexity index is 1010. The van der Waals surface area contributed by atoms with E-state index in [-0.39, 0.29) is 30.7 Å². The van der Waals surface area contributed by atoms with Gasteiger partial charge < -0.3 is 19.6 Å². The van der Waals surface area contributed by atoms with Gasteiger partial charge in [-0.1, -0.05) is 42.5 Å². The van der Waals surface area contributed by atoms with E-state index in [1.807, 2.05) is 47.4 Å². The number of morpholine rings is 1. The summed E-state index contributed by atoms with van der Waals surface area (Å²) < 4.78 is 6.22. The molecule has 168 valence electrons. The van der Waals surface area contributed by atoms with Crippen LogP contribution in [-0.2, 0) is 16.1 Å². The summed E-state index contributed by atoms with van der Waals surface area (Å²) in [6.45, 7) is 3.57. The minimum atomic E-state index is -0.210. The Morgan fingerprint density at radius 2 is 1.62 bits per heavy atom. The largest absolute Gasteiger partial charge is 0.393 e. The van der Waals surface area contributed by atoms with Crippen LogP contribution in [-0.4, -0.2) is 80.8 Å². The molecule has 2 atom stereocenters. The van der Waals surface area contributed by atoms with Crippen molar-refractivity contribution in [2.45, 2.75) is 37.6 Å². The topological polar surface area (TPSA) is 83.7 Å². The van der Waals surface area contributed by atoms with Crippen LogP contribution < -0.4 is 0 Å². The minimum Gasteiger partial charge on any atom is -0.393 e. The number of hydrogen-bond acceptors (Lipinski definition) is 6. The van der Waals surface area contributed by atoms with Crippen LogP contribution in [0.1, 0.15) is 24.4 Å². The van der Waals surface area contributed by atoms with Gasteiger partial charge in [-0.2, -0.15) is 15.0 Å². The molecule has 8 heteroatoms. The quantitative estimate of drug-likeness (QED) is 0.659. The lowest BCUT2D eigenvalue weighted by Gasteiger charge is -2.44. The molecule has 5 rings (SSSR count). The van der Waals surface area contributed by atoms with Gasteiger partial charge in [0.1, 0.15) is 17.6 Å². The van der Waals surface area contributed by atoms with Gasteiger partial charge in [0.25, 0.3) is 0 Å². The van der Waals surface area contributed by atoms with Crippen LogP contribution in [0.3, 0.4) is 0 Å². The molecule has 0 saturated carbocycles. The van der Waals surface area contributed by atoms with Crippen molar-refractivity contribution in [2.75, 3.05) is 32.8 Å². The van der Waals surface area contributed by atoms with Gasteiger partial charge in [0.15, 0.2) is 0 Å². The third-order valence-corrected chi connectivity index (χ3v) is 6.41. The van der Waals surface area contributed by atoms with E-state index in [4.69, 9.17) is 4.74 Å². The van der Waals surface area contributed by atoms with E-state index in [9.17, 15) is 9.90 Å². The van der Waals surface area contributed by atoms with Gasteiger partial charge in [-0.15, -0.1) is 0 Å². The average Bonchev–Trinajstić information content (AvgIpc) is 3.23. The van der Waals surface area contributed by atoms with E-state index in [0.717, 1.165) is 49.1 Å². The first kappa shape index (κ1) is 21.1. The summed E-state index contributed by atoms with van der Waals surface area (Å²) >= 11 is 0. The molecule has 2 aromatic carbocycles. The summed E-state index contributed by atoms with van der Waals surface area (Å²) in [4.78, 5) is 19.2. The number of aliphatic hydroxyl groups is 1. The summed E-state index contributed by atoms with van der Waals surface area (Å²) in [5, 5.41) is 18.8. The maximum Gasteiger partial charge on any atom is 0.246 e. The van der Waals surface area contributed by atoms with E-state index in [2.05, 4.69) is 27.2 Å². The lowest BCUT2D eigenvalue weighted by molar-refractivity contribution is -0.150. The number of rotatable bonds is 5. The maximum absolute atomic E-state index is 13.4. The Hall–Kier alpha value is -2.81. The third-order valence-electron chi connectivity index (χ3n) is 6.41. The molecule has 2 fully saturated rings. The van der Waals surface area contributed by atoms with Gasteiger partial charge >= 0.3 is 0 Å². The molecule has 2 saturated heterocycles. The zero-order valence-corrected chi connectivity index (χ0v) is 18.1. The van der Waals surface area contributed by atoms with Gasteiger partial charge in [0, 0.05) is 26.2 Å². The molecule has 1 amide bonds. The Balaban J connectivity index is 1.37. The standard InChI is InChI=1S/C24H29N5O3/c30-19-10-12-27(13-11-19)16-22-24(18-6-2-1-3-7-18)28(14-15-32-22)23(31)17-29-25-20-8-4-5-9-21(20)26-29/h1-9,19,22,24,30H,10-17H2/t22-,24-/m0/s1. The van der Waals surface area contributed by atoms with Crippen molar-refractivity contribution in [3.05, 3.63) is 60.2 Å². The molecule has 0 bridgehead atoms. The fourth-order valence-electron chi connectivity index (χ4n) is 4.75. The van der Waals surface area contributed by atoms with E-state index >= 15 is 0 Å². The van der Waals surface area contributed by atoms with Crippen molar-refractivity contribution in [3.8, 4) is 0 Å². The van der Waals surface area contributed by atoms with Crippen LogP contribution in [0, 0.1) is 0 Å². The van der Waals surface area contributed by atoms with Gasteiger partial charge in [0.05, 0.1) is 24.9 Å². The van der Waals surface area contributed by atoms with Crippen LogP contribution >= 0.6 is 0 Å². The van der Waals surface area contributed by atoms with E-state index in [1.165, 1.54) is 4.80 Å². The van der Waals surface area contributed by atoms with E-state index < -0.39 is 0 Å². The molecule has 0 spiro atoms. The number of hydrogen-bond donors (Lipinski definition) is 1. The predicted molar refractivity (Wildman–Crippen MR) is 120 cm³/mol. The SMILES string of the molecule is O=C(Cn1nc2ccccc2n1)N1CCO[C@@H](CN2CCC(O)CC2)[C@@H]1c1ccccc1. The zero-order valence-electron chi connectivity index (χ0n) is 18.1. The number of amides is 1. The van der Waals surface area contributed by atoms with Gasteiger partial charge in [-0.25, -0.2) is 0 Å². The molecule has 0 radical (unpaired) electrons. The fraction of sp³-hybridized carbons (Fsp3) is 0.458. The molecule has 2 aliphatic rings. The average molecular weight is 436 g/mol. The van der Waals surface area contributed by atoms with Crippen molar-refractivity contribution in [3.63, 3.8) is 0 Å². The highest BCUT2D eigenvalue weighted by molar-refractivity contribution is 5.78. The number of benzene rings is 2. The summed E-state index contributed by atoms with van der Waals surface area (Å²) in [6, 6.07) is 17.6. The van der Waals surface area contributed by atoms with Gasteiger partial charge in [-0.05, 0) is 30.5 Å². The summed E-state index contributed by atoms with van der Waals surface area (Å²) in [5.41, 5.74) is 2.64. The second kappa shape index (κ2) is 9.36. The van der Waals surface area contributed by atoms with Crippen molar-refractivity contribution in [2.24, 2.45) is 0 Å². The van der Waals surface area contributed by atoms with Crippen molar-refractivity contribution in [1.29, 1.82) is 0 Å². The highest BCUT2D eigenvalue weighted by atomic mass is 16.5. The van der Waals surface area contributed by atoms with Crippen LogP contribution in [0.5, 0.6) is 0 Å². The number of carbonyl (C=O) groups excluding carboxylic acids is 1. The highest BCUT2D eigenvalue weighted by Gasteiger charge is 2.37. The molecule has 8 nitrogen and oxygen atoms in total. The van der Waals surface area contributed by atoms with Crippen molar-refractivity contribution in [1.82, 2.24) is 24.8 Å². The van der Waals surface area contributed by atoms with Gasteiger partial charge in [0.2, 0.25) is 5.91 Å². The minimum absolute atomic E-state index is 0.0125. The lowest BCUT2D eigenvalue weighted by Crippen LogP contribution is -2.53. The van der Waals surface area contributed by atoms with Crippen LogP contribution in [0.2, 0.25) is 0 Å². The molecule has 0 unspecified atom stereocenters. The summed E-state index contributed by atoms with van der Waals surface area (Å²) in [6.07, 6.45) is 1.22. The van der Waals surface area contributed by atoms with E-state index in [1.54, 1.807) is 0 Å². The number of likely N-dealkylation sites (tertiary alicyclic amines) is 1. The Morgan fingerprint density at radius 1 is 0.969 bits per heavy atom. The zero-order chi connectivity index (χ0) is 21.9. The Labute approximate surface area is 187 Å². The number of aliphatic hydroxyl groups excluding tert-OH is 1. The van der Waals surface area contributed by atoms with Crippen LogP contribution in [0.15, 0.2) is 54.6 Å². The first-order chi connectivity index (χ1) is 15.7. The molecule has 3 heterocycles. The molecule has 1 aromatic heterocycles. The number of nitrogens with zero attached hydrogens (tertiary/aromatic N) is 5. The van der Waals surface area contributed by atoms with Crippen LogP contribution in [0.4, 0.5) is 0 Å². The molecule has 1 N–H and O–H groups in total. The number of ether oxygens (including phenoxy) is 1. The number of piperidine rings is 1. The second-order valence-electron chi connectivity index (χ2n) is 8.60. The Kier molecular flexibility index (Phi) is 6.16. The summed E-state index contributed by atoms with van der Waals surface area (Å²) in [7, 11) is 0. The molecule has 3 aromatic rings. The number of aromatic nitrogens is 3. The van der Waals surface area contributed by atoms with Gasteiger partial charge in [-0.3, -0.25) is 4.79 Å². The molecule has 32 heavy (non-hydrogen) atoms. The first-order valence-electron chi connectivity index (χ1n) is 11.3. The second-order valence-corrected chi connectivity index (χ2v) is 8.60. The van der Waals surface area contributed by atoms with Crippen molar-refractivity contribution >= 4 is 16.9 Å². The highest BCUT2D eigenvalue weighted by Crippen LogP contribution is 2.31. The molecule has 0 aliphatic carbocycles. The predicted octanol–water partition coefficient (Wildman–Crippen LogP) is 1.86. The number of carbonyl (C=O) groups is 1. The van der Waals surface area contributed by atoms with E-state index in [0.29, 0.717) is 13.2 Å². The Morgan fingerprint density at radius 3 is 2.31 bits per heavy atom. The third kappa shape index (κ3) is 4.53. The fourth-order valence-corrected chi connectivity index (χ4v) is 4.75. The molecular formula is C24H29N5O3. The monoisotopic (exact) mass is 435 g/mol. The smallest absolute Gasteiger partial charge is 0.246 e.